The second-order valence-corrected chi connectivity index (χ2v) is 8.93. The van der Waals surface area contributed by atoms with Gasteiger partial charge in [0.2, 0.25) is 8.38 Å². The lowest BCUT2D eigenvalue weighted by Gasteiger charge is -2.20. The summed E-state index contributed by atoms with van der Waals surface area (Å²) in [4.78, 5) is 13.2. The van der Waals surface area contributed by atoms with Crippen LogP contribution in [0.15, 0.2) is 67.0 Å². The molecule has 0 radical (unpaired) electrons. The van der Waals surface area contributed by atoms with E-state index in [-0.39, 0.29) is 5.82 Å². The molecular formula is C24H28N7O2P. The lowest BCUT2D eigenvalue weighted by molar-refractivity contribution is 0.277. The van der Waals surface area contributed by atoms with Crippen molar-refractivity contribution in [1.29, 1.82) is 0 Å². The van der Waals surface area contributed by atoms with Crippen LogP contribution >= 0.6 is 8.38 Å². The van der Waals surface area contributed by atoms with Gasteiger partial charge < -0.3 is 20.1 Å². The number of fused-ring (bicyclic) bond motifs is 1. The molecule has 0 aliphatic rings. The Balaban J connectivity index is 1.47. The van der Waals surface area contributed by atoms with Crippen LogP contribution in [0.5, 0.6) is 0 Å². The van der Waals surface area contributed by atoms with Crippen LogP contribution < -0.4 is 27.2 Å². The Morgan fingerprint density at radius 3 is 2.50 bits per heavy atom. The van der Waals surface area contributed by atoms with Crippen molar-refractivity contribution in [2.24, 2.45) is 5.84 Å². The molecule has 0 spiro atoms. The van der Waals surface area contributed by atoms with Crippen LogP contribution in [0.4, 0.5) is 23.1 Å². The predicted octanol–water partition coefficient (Wildman–Crippen LogP) is 4.24. The third-order valence-electron chi connectivity index (χ3n) is 4.92. The van der Waals surface area contributed by atoms with Crippen LogP contribution in [0.2, 0.25) is 0 Å². The molecule has 4 aromatic rings. The molecule has 4 rings (SSSR count). The minimum atomic E-state index is -1.08. The van der Waals surface area contributed by atoms with Crippen LogP contribution in [0, 0.1) is 0 Å². The molecule has 0 fully saturated rings. The molecule has 2 heterocycles. The van der Waals surface area contributed by atoms with Gasteiger partial charge in [0.25, 0.3) is 0 Å². The number of nitrogens with two attached hydrogens (primary N) is 2. The second-order valence-electron chi connectivity index (χ2n) is 7.39. The van der Waals surface area contributed by atoms with Gasteiger partial charge in [-0.05, 0) is 61.9 Å². The molecule has 0 amide bonds. The number of nitrogens with one attached hydrogen (secondary N) is 1. The average Bonchev–Trinajstić information content (AvgIpc) is 2.85. The zero-order valence-electron chi connectivity index (χ0n) is 19.2. The van der Waals surface area contributed by atoms with E-state index in [1.807, 2.05) is 62.4 Å². The summed E-state index contributed by atoms with van der Waals surface area (Å²) in [6.07, 6.45) is 3.35. The first-order chi connectivity index (χ1) is 16.6. The normalized spacial score (nSPS) is 11.2. The maximum Gasteiger partial charge on any atom is 0.205 e. The number of nitrogen functional groups attached to an aromatic ring is 1. The van der Waals surface area contributed by atoms with Gasteiger partial charge in [-0.25, -0.2) is 15.8 Å². The fraction of sp³-hybridized carbons (Fsp3) is 0.208. The molecule has 0 atom stereocenters. The predicted molar refractivity (Wildman–Crippen MR) is 138 cm³/mol. The fourth-order valence-corrected chi connectivity index (χ4v) is 4.62. The topological polar surface area (TPSA) is 124 Å². The monoisotopic (exact) mass is 477 g/mol. The Labute approximate surface area is 200 Å². The molecule has 0 aliphatic heterocycles. The third-order valence-corrected chi connectivity index (χ3v) is 6.62. The average molecular weight is 478 g/mol. The highest BCUT2D eigenvalue weighted by molar-refractivity contribution is 7.56. The summed E-state index contributed by atoms with van der Waals surface area (Å²) < 4.78 is 11.4. The smallest absolute Gasteiger partial charge is 0.205 e. The van der Waals surface area contributed by atoms with Gasteiger partial charge in [-0.3, -0.25) is 9.99 Å². The van der Waals surface area contributed by atoms with Crippen LogP contribution in [0.1, 0.15) is 19.4 Å². The van der Waals surface area contributed by atoms with E-state index in [2.05, 4.69) is 26.3 Å². The summed E-state index contributed by atoms with van der Waals surface area (Å²) in [5, 5.41) is 6.79. The van der Waals surface area contributed by atoms with Crippen LogP contribution in [0.25, 0.3) is 10.9 Å². The van der Waals surface area contributed by atoms with Crippen LogP contribution in [-0.2, 0) is 15.6 Å². The first kappa shape index (κ1) is 23.8. The number of pyridine rings is 1. The van der Waals surface area contributed by atoms with Gasteiger partial charge in [-0.2, -0.15) is 0 Å². The Hall–Kier alpha value is -3.36. The zero-order chi connectivity index (χ0) is 23.9. The molecule has 9 nitrogen and oxygen atoms in total. The minimum Gasteiger partial charge on any atom is -0.381 e. The van der Waals surface area contributed by atoms with Gasteiger partial charge in [-0.15, -0.1) is 0 Å². The van der Waals surface area contributed by atoms with E-state index in [0.717, 1.165) is 27.5 Å². The van der Waals surface area contributed by atoms with E-state index in [9.17, 15) is 0 Å². The minimum absolute atomic E-state index is 0.255. The Morgan fingerprint density at radius 2 is 1.76 bits per heavy atom. The summed E-state index contributed by atoms with van der Waals surface area (Å²) in [5.41, 5.74) is 8.87. The van der Waals surface area contributed by atoms with Crippen LogP contribution in [-0.4, -0.2) is 28.2 Å². The summed E-state index contributed by atoms with van der Waals surface area (Å²) in [5.74, 6) is 7.51. The maximum absolute atomic E-state index is 6.33. The standard InChI is InChI=1S/C24H28N7O2P/c1-3-32-34(33-4-2)20-10-8-19(9-11-20)29-22-15-28-23(25)24(30-22)31(26)16-17-7-12-21-18(14-17)6-5-13-27-21/h5-15H,3-4,16,26H2,1-2H3,(H2,25,28)(H,29,30). The van der Waals surface area contributed by atoms with Gasteiger partial charge in [0, 0.05) is 22.6 Å². The van der Waals surface area contributed by atoms with Crippen molar-refractivity contribution < 1.29 is 9.05 Å². The molecule has 2 aromatic carbocycles. The Kier molecular flexibility index (Phi) is 7.82. The molecule has 0 saturated carbocycles. The fourth-order valence-electron chi connectivity index (χ4n) is 3.39. The molecule has 176 valence electrons. The lowest BCUT2D eigenvalue weighted by atomic mass is 10.1. The Bertz CT molecular complexity index is 1230. The lowest BCUT2D eigenvalue weighted by Crippen LogP contribution is -2.32. The van der Waals surface area contributed by atoms with Crippen molar-refractivity contribution in [3.63, 3.8) is 0 Å². The summed E-state index contributed by atoms with van der Waals surface area (Å²) in [6.45, 7) is 5.53. The molecular weight excluding hydrogens is 449 g/mol. The summed E-state index contributed by atoms with van der Waals surface area (Å²) in [7, 11) is -1.08. The maximum atomic E-state index is 6.33. The Morgan fingerprint density at radius 1 is 1.00 bits per heavy atom. The second kappa shape index (κ2) is 11.2. The van der Waals surface area contributed by atoms with Crippen molar-refractivity contribution in [1.82, 2.24) is 15.0 Å². The van der Waals surface area contributed by atoms with E-state index in [0.29, 0.717) is 31.4 Å². The van der Waals surface area contributed by atoms with Crippen molar-refractivity contribution in [2.45, 2.75) is 20.4 Å². The summed E-state index contributed by atoms with van der Waals surface area (Å²) >= 11 is 0. The van der Waals surface area contributed by atoms with E-state index in [1.165, 1.54) is 5.01 Å². The van der Waals surface area contributed by atoms with Gasteiger partial charge >= 0.3 is 0 Å². The van der Waals surface area contributed by atoms with Gasteiger partial charge in [0.05, 0.1) is 31.5 Å². The van der Waals surface area contributed by atoms with Crippen LogP contribution in [0.3, 0.4) is 0 Å². The largest absolute Gasteiger partial charge is 0.381 e. The van der Waals surface area contributed by atoms with E-state index in [4.69, 9.17) is 20.6 Å². The molecule has 0 aliphatic carbocycles. The number of aromatic nitrogens is 3. The quantitative estimate of drug-likeness (QED) is 0.175. The molecule has 10 heteroatoms. The molecule has 5 N–H and O–H groups in total. The third kappa shape index (κ3) is 5.76. The molecule has 0 unspecified atom stereocenters. The van der Waals surface area contributed by atoms with Crippen molar-refractivity contribution in [3.05, 3.63) is 72.6 Å². The molecule has 34 heavy (non-hydrogen) atoms. The number of hydrazine groups is 1. The van der Waals surface area contributed by atoms with E-state index >= 15 is 0 Å². The van der Waals surface area contributed by atoms with Gasteiger partial charge in [0.15, 0.2) is 17.5 Å². The van der Waals surface area contributed by atoms with Crippen molar-refractivity contribution >= 4 is 47.7 Å². The van der Waals surface area contributed by atoms with Crippen molar-refractivity contribution in [3.8, 4) is 0 Å². The molecule has 0 bridgehead atoms. The molecule has 0 saturated heterocycles. The summed E-state index contributed by atoms with van der Waals surface area (Å²) in [6, 6.07) is 17.8. The van der Waals surface area contributed by atoms with E-state index in [1.54, 1.807) is 12.4 Å². The molecule has 2 aromatic heterocycles. The SMILES string of the molecule is CCOP(OCC)c1ccc(Nc2cnc(N)c(N(N)Cc3ccc4ncccc4c3)n2)cc1. The number of anilines is 4. The number of benzene rings is 2. The van der Waals surface area contributed by atoms with Gasteiger partial charge in [0.1, 0.15) is 0 Å². The number of rotatable bonds is 10. The van der Waals surface area contributed by atoms with Crippen molar-refractivity contribution in [2.75, 3.05) is 29.3 Å². The number of hydrogen-bond donors (Lipinski definition) is 3. The highest BCUT2D eigenvalue weighted by Crippen LogP contribution is 2.37. The first-order valence-electron chi connectivity index (χ1n) is 11.0. The highest BCUT2D eigenvalue weighted by Gasteiger charge is 2.14. The number of nitrogens with zero attached hydrogens (tertiary/aromatic N) is 4. The van der Waals surface area contributed by atoms with Gasteiger partial charge in [-0.1, -0.05) is 12.1 Å². The highest BCUT2D eigenvalue weighted by atomic mass is 31.2. The zero-order valence-corrected chi connectivity index (χ0v) is 20.1. The first-order valence-corrected chi connectivity index (χ1v) is 12.2. The van der Waals surface area contributed by atoms with E-state index < -0.39 is 8.38 Å². The number of hydrogen-bond acceptors (Lipinski definition) is 9.